The highest BCUT2D eigenvalue weighted by Gasteiger charge is 2.32. The number of carbonyl (C=O) groups excluding carboxylic acids is 2. The zero-order chi connectivity index (χ0) is 17.8. The fourth-order valence-corrected chi connectivity index (χ4v) is 3.65. The van der Waals surface area contributed by atoms with Crippen LogP contribution in [0, 0.1) is 12.8 Å². The lowest BCUT2D eigenvalue weighted by atomic mass is 9.95. The number of carbonyl (C=O) groups is 2. The molecular formula is C18H27N5O2. The fraction of sp³-hybridized carbons (Fsp3) is 0.667. The Hall–Kier alpha value is -2.18. The van der Waals surface area contributed by atoms with Crippen LogP contribution < -0.4 is 5.32 Å². The van der Waals surface area contributed by atoms with Gasteiger partial charge in [-0.2, -0.15) is 5.10 Å². The van der Waals surface area contributed by atoms with Crippen molar-refractivity contribution in [2.45, 2.75) is 45.6 Å². The molecule has 7 heteroatoms. The largest absolute Gasteiger partial charge is 0.366 e. The van der Waals surface area contributed by atoms with Gasteiger partial charge in [-0.1, -0.05) is 0 Å². The van der Waals surface area contributed by atoms with Gasteiger partial charge in [0.2, 0.25) is 11.8 Å². The van der Waals surface area contributed by atoms with Crippen molar-refractivity contribution < 1.29 is 9.59 Å². The molecule has 0 aromatic carbocycles. The van der Waals surface area contributed by atoms with E-state index in [9.17, 15) is 9.59 Å². The molecule has 3 rings (SSSR count). The summed E-state index contributed by atoms with van der Waals surface area (Å²) >= 11 is 0. The Bertz CT molecular complexity index is 610. The van der Waals surface area contributed by atoms with Gasteiger partial charge in [-0.05, 0) is 44.7 Å². The van der Waals surface area contributed by atoms with Gasteiger partial charge in [0, 0.05) is 39.1 Å². The molecule has 2 aliphatic heterocycles. The summed E-state index contributed by atoms with van der Waals surface area (Å²) in [4.78, 5) is 28.1. The Labute approximate surface area is 148 Å². The Morgan fingerprint density at radius 3 is 2.48 bits per heavy atom. The Morgan fingerprint density at radius 1 is 1.08 bits per heavy atom. The number of hydrogen-bond acceptors (Lipinski definition) is 5. The summed E-state index contributed by atoms with van der Waals surface area (Å²) in [5.74, 6) is 1.03. The molecule has 0 saturated carbocycles. The second-order valence-electron chi connectivity index (χ2n) is 7.11. The molecular weight excluding hydrogens is 318 g/mol. The number of aromatic nitrogens is 2. The molecule has 2 aliphatic rings. The number of aryl methyl sites for hydroxylation is 1. The van der Waals surface area contributed by atoms with Crippen LogP contribution >= 0.6 is 0 Å². The highest BCUT2D eigenvalue weighted by atomic mass is 16.2. The number of nitrogens with one attached hydrogen (secondary N) is 1. The van der Waals surface area contributed by atoms with Crippen molar-refractivity contribution in [2.24, 2.45) is 5.92 Å². The average molecular weight is 345 g/mol. The average Bonchev–Trinajstić information content (AvgIpc) is 2.64. The van der Waals surface area contributed by atoms with Crippen molar-refractivity contribution in [3.05, 3.63) is 17.8 Å². The molecule has 1 N–H and O–H groups in total. The number of amides is 2. The first-order valence-corrected chi connectivity index (χ1v) is 9.14. The van der Waals surface area contributed by atoms with Gasteiger partial charge in [0.05, 0.1) is 11.6 Å². The summed E-state index contributed by atoms with van der Waals surface area (Å²) in [6.07, 6.45) is 3.62. The molecule has 7 nitrogen and oxygen atoms in total. The third-order valence-corrected chi connectivity index (χ3v) is 5.17. The van der Waals surface area contributed by atoms with Crippen LogP contribution in [0.5, 0.6) is 0 Å². The van der Waals surface area contributed by atoms with Crippen LogP contribution in [0.25, 0.3) is 0 Å². The molecule has 1 atom stereocenters. The number of hydrogen-bond donors (Lipinski definition) is 1. The topological polar surface area (TPSA) is 78.4 Å². The monoisotopic (exact) mass is 345 g/mol. The van der Waals surface area contributed by atoms with Gasteiger partial charge in [-0.25, -0.2) is 0 Å². The van der Waals surface area contributed by atoms with Crippen LogP contribution in [0.3, 0.4) is 0 Å². The maximum Gasteiger partial charge on any atom is 0.227 e. The lowest BCUT2D eigenvalue weighted by Crippen LogP contribution is -2.49. The summed E-state index contributed by atoms with van der Waals surface area (Å²) < 4.78 is 0. The molecule has 1 aromatic rings. The Balaban J connectivity index is 1.49. The first-order chi connectivity index (χ1) is 12.0. The van der Waals surface area contributed by atoms with Crippen molar-refractivity contribution in [2.75, 3.05) is 31.5 Å². The Morgan fingerprint density at radius 2 is 1.84 bits per heavy atom. The van der Waals surface area contributed by atoms with Crippen LogP contribution in [0.1, 0.15) is 38.3 Å². The van der Waals surface area contributed by atoms with Crippen LogP contribution in [0.4, 0.5) is 5.82 Å². The molecule has 0 spiro atoms. The molecule has 2 saturated heterocycles. The van der Waals surface area contributed by atoms with Crippen LogP contribution in [0.15, 0.2) is 12.1 Å². The van der Waals surface area contributed by atoms with Gasteiger partial charge in [-0.15, -0.1) is 5.10 Å². The molecule has 25 heavy (non-hydrogen) atoms. The number of anilines is 1. The van der Waals surface area contributed by atoms with Gasteiger partial charge >= 0.3 is 0 Å². The standard InChI is InChI=1S/C18H27N5O2/c1-13-5-6-17(21-20-13)19-16-7-10-22(11-8-16)18(25)15-4-3-9-23(12-15)14(2)24/h5-6,15-16H,3-4,7-12H2,1-2H3,(H,19,21)/t15-/m1/s1. The molecule has 3 heterocycles. The van der Waals surface area contributed by atoms with Gasteiger partial charge in [0.1, 0.15) is 5.82 Å². The molecule has 2 amide bonds. The smallest absolute Gasteiger partial charge is 0.227 e. The molecule has 0 unspecified atom stereocenters. The summed E-state index contributed by atoms with van der Waals surface area (Å²) in [5, 5.41) is 11.6. The lowest BCUT2D eigenvalue weighted by molar-refractivity contribution is -0.140. The highest BCUT2D eigenvalue weighted by Crippen LogP contribution is 2.22. The second kappa shape index (κ2) is 7.80. The summed E-state index contributed by atoms with van der Waals surface area (Å²) in [6, 6.07) is 4.21. The van der Waals surface area contributed by atoms with Gasteiger partial charge in [-0.3, -0.25) is 9.59 Å². The van der Waals surface area contributed by atoms with E-state index in [1.165, 1.54) is 0 Å². The first kappa shape index (κ1) is 17.6. The molecule has 2 fully saturated rings. The van der Waals surface area contributed by atoms with Crippen molar-refractivity contribution in [1.82, 2.24) is 20.0 Å². The van der Waals surface area contributed by atoms with Crippen molar-refractivity contribution in [1.29, 1.82) is 0 Å². The third-order valence-electron chi connectivity index (χ3n) is 5.17. The van der Waals surface area contributed by atoms with E-state index in [1.807, 2.05) is 24.0 Å². The van der Waals surface area contributed by atoms with E-state index in [0.717, 1.165) is 56.8 Å². The predicted molar refractivity (Wildman–Crippen MR) is 95.0 cm³/mol. The molecule has 0 aliphatic carbocycles. The van der Waals surface area contributed by atoms with Gasteiger partial charge < -0.3 is 15.1 Å². The van der Waals surface area contributed by atoms with Crippen LogP contribution in [-0.2, 0) is 9.59 Å². The maximum absolute atomic E-state index is 12.8. The van der Waals surface area contributed by atoms with Crippen LogP contribution in [0.2, 0.25) is 0 Å². The van der Waals surface area contributed by atoms with Crippen molar-refractivity contribution in [3.63, 3.8) is 0 Å². The minimum atomic E-state index is -0.0369. The predicted octanol–water partition coefficient (Wildman–Crippen LogP) is 1.45. The van der Waals surface area contributed by atoms with Crippen molar-refractivity contribution >= 4 is 17.6 Å². The summed E-state index contributed by atoms with van der Waals surface area (Å²) in [6.45, 7) is 6.37. The first-order valence-electron chi connectivity index (χ1n) is 9.14. The van der Waals surface area contributed by atoms with Gasteiger partial charge in [0.25, 0.3) is 0 Å². The fourth-order valence-electron chi connectivity index (χ4n) is 3.65. The maximum atomic E-state index is 12.8. The highest BCUT2D eigenvalue weighted by molar-refractivity contribution is 5.81. The zero-order valence-electron chi connectivity index (χ0n) is 15.1. The minimum Gasteiger partial charge on any atom is -0.366 e. The van der Waals surface area contributed by atoms with E-state index in [4.69, 9.17) is 0 Å². The molecule has 136 valence electrons. The molecule has 1 aromatic heterocycles. The lowest BCUT2D eigenvalue weighted by Gasteiger charge is -2.37. The quantitative estimate of drug-likeness (QED) is 0.897. The zero-order valence-corrected chi connectivity index (χ0v) is 15.1. The van der Waals surface area contributed by atoms with E-state index >= 15 is 0 Å². The second-order valence-corrected chi connectivity index (χ2v) is 7.11. The van der Waals surface area contributed by atoms with E-state index in [1.54, 1.807) is 11.8 Å². The van der Waals surface area contributed by atoms with E-state index in [-0.39, 0.29) is 17.7 Å². The number of piperidine rings is 2. The summed E-state index contributed by atoms with van der Waals surface area (Å²) in [7, 11) is 0. The molecule has 0 radical (unpaired) electrons. The Kier molecular flexibility index (Phi) is 5.50. The minimum absolute atomic E-state index is 0.0369. The van der Waals surface area contributed by atoms with Crippen molar-refractivity contribution in [3.8, 4) is 0 Å². The van der Waals surface area contributed by atoms with E-state index < -0.39 is 0 Å². The number of likely N-dealkylation sites (tertiary alicyclic amines) is 2. The number of rotatable bonds is 3. The summed E-state index contributed by atoms with van der Waals surface area (Å²) in [5.41, 5.74) is 0.901. The van der Waals surface area contributed by atoms with E-state index in [0.29, 0.717) is 12.6 Å². The molecule has 0 bridgehead atoms. The van der Waals surface area contributed by atoms with E-state index in [2.05, 4.69) is 15.5 Å². The SMILES string of the molecule is CC(=O)N1CCC[C@@H](C(=O)N2CCC(Nc3ccc(C)nn3)CC2)C1. The third kappa shape index (κ3) is 4.46. The number of nitrogens with zero attached hydrogens (tertiary/aromatic N) is 4. The van der Waals surface area contributed by atoms with Crippen LogP contribution in [-0.4, -0.2) is 64.0 Å². The normalized spacial score (nSPS) is 21.9. The van der Waals surface area contributed by atoms with Gasteiger partial charge in [0.15, 0.2) is 0 Å².